The highest BCUT2D eigenvalue weighted by Gasteiger charge is 2.07. The van der Waals surface area contributed by atoms with Crippen LogP contribution in [0.1, 0.15) is 16.4 Å². The van der Waals surface area contributed by atoms with E-state index in [-0.39, 0.29) is 5.75 Å². The Hall–Kier alpha value is -0.850. The van der Waals surface area contributed by atoms with E-state index < -0.39 is 5.76 Å². The third kappa shape index (κ3) is 5.34. The van der Waals surface area contributed by atoms with Crippen LogP contribution in [0, 0.1) is 0 Å². The molecule has 0 fully saturated rings. The summed E-state index contributed by atoms with van der Waals surface area (Å²) in [5.41, 5.74) is 0. The molecule has 2 nitrogen and oxygen atoms in total. The third-order valence-corrected chi connectivity index (χ3v) is 4.14. The molecule has 0 amide bonds. The zero-order valence-electron chi connectivity index (χ0n) is 10.3. The summed E-state index contributed by atoms with van der Waals surface area (Å²) in [7, 11) is 0. The standard InChI is InChI=1S/C13H15F2NOS2/c14-13(15)19-9-11-4-3-10(17-11)8-16-6-5-12-2-1-7-18-12/h1-4,7,13,16H,5-6,8-9H2. The molecule has 0 unspecified atom stereocenters. The summed E-state index contributed by atoms with van der Waals surface area (Å²) < 4.78 is 29.5. The van der Waals surface area contributed by atoms with Crippen LogP contribution in [-0.4, -0.2) is 12.3 Å². The van der Waals surface area contributed by atoms with Gasteiger partial charge in [0.15, 0.2) is 0 Å². The number of thioether (sulfide) groups is 1. The van der Waals surface area contributed by atoms with Crippen molar-refractivity contribution in [3.63, 3.8) is 0 Å². The van der Waals surface area contributed by atoms with Crippen molar-refractivity contribution in [2.75, 3.05) is 6.54 Å². The highest BCUT2D eigenvalue weighted by Crippen LogP contribution is 2.21. The summed E-state index contributed by atoms with van der Waals surface area (Å²) in [4.78, 5) is 1.35. The van der Waals surface area contributed by atoms with Gasteiger partial charge in [-0.3, -0.25) is 0 Å². The Balaban J connectivity index is 1.65. The molecule has 6 heteroatoms. The van der Waals surface area contributed by atoms with Crippen LogP contribution in [-0.2, 0) is 18.7 Å². The molecule has 2 aromatic rings. The number of nitrogens with one attached hydrogen (secondary N) is 1. The molecule has 0 aliphatic heterocycles. The van der Waals surface area contributed by atoms with Gasteiger partial charge >= 0.3 is 0 Å². The fraction of sp³-hybridized carbons (Fsp3) is 0.385. The second kappa shape index (κ2) is 7.67. The Morgan fingerprint density at radius 1 is 1.26 bits per heavy atom. The molecule has 0 spiro atoms. The molecule has 104 valence electrons. The lowest BCUT2D eigenvalue weighted by Gasteiger charge is -2.01. The van der Waals surface area contributed by atoms with Crippen molar-refractivity contribution in [2.24, 2.45) is 0 Å². The molecule has 0 aliphatic rings. The number of alkyl halides is 2. The monoisotopic (exact) mass is 303 g/mol. The van der Waals surface area contributed by atoms with E-state index in [2.05, 4.69) is 16.8 Å². The van der Waals surface area contributed by atoms with Crippen LogP contribution >= 0.6 is 23.1 Å². The first-order chi connectivity index (χ1) is 9.24. The van der Waals surface area contributed by atoms with Crippen LogP contribution in [0.2, 0.25) is 0 Å². The van der Waals surface area contributed by atoms with Crippen LogP contribution in [0.4, 0.5) is 8.78 Å². The molecule has 0 aliphatic carbocycles. The maximum absolute atomic E-state index is 12.0. The highest BCUT2D eigenvalue weighted by atomic mass is 32.2. The van der Waals surface area contributed by atoms with Crippen molar-refractivity contribution in [1.82, 2.24) is 5.32 Å². The van der Waals surface area contributed by atoms with Crippen molar-refractivity contribution in [2.45, 2.75) is 24.5 Å². The summed E-state index contributed by atoms with van der Waals surface area (Å²) >= 11 is 2.32. The maximum Gasteiger partial charge on any atom is 0.284 e. The van der Waals surface area contributed by atoms with E-state index in [0.717, 1.165) is 18.7 Å². The van der Waals surface area contributed by atoms with Crippen LogP contribution in [0.3, 0.4) is 0 Å². The first kappa shape index (κ1) is 14.6. The number of furan rings is 1. The molecule has 0 saturated heterocycles. The van der Waals surface area contributed by atoms with Crippen molar-refractivity contribution < 1.29 is 13.2 Å². The minimum atomic E-state index is -2.35. The smallest absolute Gasteiger partial charge is 0.284 e. The Morgan fingerprint density at radius 3 is 2.84 bits per heavy atom. The van der Waals surface area contributed by atoms with E-state index in [4.69, 9.17) is 4.42 Å². The first-order valence-electron chi connectivity index (χ1n) is 5.94. The number of rotatable bonds is 8. The third-order valence-electron chi connectivity index (χ3n) is 2.50. The van der Waals surface area contributed by atoms with Gasteiger partial charge in [-0.1, -0.05) is 17.8 Å². The van der Waals surface area contributed by atoms with Crippen molar-refractivity contribution in [1.29, 1.82) is 0 Å². The zero-order valence-corrected chi connectivity index (χ0v) is 11.9. The molecule has 2 aromatic heterocycles. The van der Waals surface area contributed by atoms with Crippen molar-refractivity contribution in [3.05, 3.63) is 46.0 Å². The van der Waals surface area contributed by atoms with E-state index in [1.807, 2.05) is 12.1 Å². The summed E-state index contributed by atoms with van der Waals surface area (Å²) in [5, 5.41) is 5.34. The minimum Gasteiger partial charge on any atom is -0.464 e. The molecule has 2 rings (SSSR count). The summed E-state index contributed by atoms with van der Waals surface area (Å²) in [6, 6.07) is 7.74. The molecule has 0 saturated carbocycles. The number of hydrogen-bond donors (Lipinski definition) is 1. The SMILES string of the molecule is FC(F)SCc1ccc(CNCCc2cccs2)o1. The quantitative estimate of drug-likeness (QED) is 0.742. The second-order valence-corrected chi connectivity index (χ2v) is 5.96. The first-order valence-corrected chi connectivity index (χ1v) is 7.87. The van der Waals surface area contributed by atoms with E-state index >= 15 is 0 Å². The average molecular weight is 303 g/mol. The largest absolute Gasteiger partial charge is 0.464 e. The Bertz CT molecular complexity index is 471. The predicted molar refractivity (Wildman–Crippen MR) is 75.7 cm³/mol. The lowest BCUT2D eigenvalue weighted by atomic mass is 10.3. The topological polar surface area (TPSA) is 25.2 Å². The van der Waals surface area contributed by atoms with E-state index in [1.165, 1.54) is 4.88 Å². The minimum absolute atomic E-state index is 0.215. The van der Waals surface area contributed by atoms with Crippen molar-refractivity contribution >= 4 is 23.1 Å². The lowest BCUT2D eigenvalue weighted by Crippen LogP contribution is -2.15. The molecular weight excluding hydrogens is 288 g/mol. The molecule has 1 N–H and O–H groups in total. The maximum atomic E-state index is 12.0. The van der Waals surface area contributed by atoms with Gasteiger partial charge in [-0.2, -0.15) is 8.78 Å². The molecule has 19 heavy (non-hydrogen) atoms. The molecule has 2 heterocycles. The summed E-state index contributed by atoms with van der Waals surface area (Å²) in [6.07, 6.45) is 0.993. The van der Waals surface area contributed by atoms with Gasteiger partial charge < -0.3 is 9.73 Å². The van der Waals surface area contributed by atoms with Crippen molar-refractivity contribution in [3.8, 4) is 0 Å². The molecule has 0 aromatic carbocycles. The van der Waals surface area contributed by atoms with E-state index in [9.17, 15) is 8.78 Å². The zero-order chi connectivity index (χ0) is 13.5. The van der Waals surface area contributed by atoms with Crippen LogP contribution in [0.25, 0.3) is 0 Å². The van der Waals surface area contributed by atoms with Crippen LogP contribution < -0.4 is 5.32 Å². The van der Waals surface area contributed by atoms with Gasteiger partial charge in [0.05, 0.1) is 12.3 Å². The van der Waals surface area contributed by atoms with Gasteiger partial charge in [0.2, 0.25) is 0 Å². The van der Waals surface area contributed by atoms with Crippen LogP contribution in [0.5, 0.6) is 0 Å². The fourth-order valence-corrected chi connectivity index (χ4v) is 2.77. The van der Waals surface area contributed by atoms with E-state index in [0.29, 0.717) is 24.1 Å². The summed E-state index contributed by atoms with van der Waals surface area (Å²) in [6.45, 7) is 1.51. The fourth-order valence-electron chi connectivity index (χ4n) is 1.62. The number of halogens is 2. The van der Waals surface area contributed by atoms with Gasteiger partial charge in [0.1, 0.15) is 11.5 Å². The number of hydrogen-bond acceptors (Lipinski definition) is 4. The van der Waals surface area contributed by atoms with E-state index in [1.54, 1.807) is 17.4 Å². The molecular formula is C13H15F2NOS2. The van der Waals surface area contributed by atoms with Gasteiger partial charge in [-0.15, -0.1) is 11.3 Å². The normalized spacial score (nSPS) is 11.3. The Labute approximate surface area is 119 Å². The number of thiophene rings is 1. The predicted octanol–water partition coefficient (Wildman–Crippen LogP) is 4.13. The van der Waals surface area contributed by atoms with Gasteiger partial charge in [-0.05, 0) is 30.0 Å². The molecule has 0 bridgehead atoms. The van der Waals surface area contributed by atoms with Crippen LogP contribution in [0.15, 0.2) is 34.1 Å². The highest BCUT2D eigenvalue weighted by molar-refractivity contribution is 7.98. The Kier molecular flexibility index (Phi) is 5.88. The molecule has 0 atom stereocenters. The molecule has 0 radical (unpaired) electrons. The second-order valence-electron chi connectivity index (χ2n) is 3.95. The van der Waals surface area contributed by atoms with Gasteiger partial charge in [0, 0.05) is 11.4 Å². The average Bonchev–Trinajstić information content (AvgIpc) is 3.04. The van der Waals surface area contributed by atoms with Gasteiger partial charge in [-0.25, -0.2) is 0 Å². The Morgan fingerprint density at radius 2 is 2.11 bits per heavy atom. The van der Waals surface area contributed by atoms with Gasteiger partial charge in [0.25, 0.3) is 5.76 Å². The lowest BCUT2D eigenvalue weighted by molar-refractivity contribution is 0.251. The summed E-state index contributed by atoms with van der Waals surface area (Å²) in [5.74, 6) is -0.749.